The number of pyridine rings is 2. The molecule has 0 saturated heterocycles. The average molecular weight is 299 g/mol. The molecule has 6 nitrogen and oxygen atoms in total. The molecule has 2 rings (SSSR count). The minimum absolute atomic E-state index is 0.152. The first kappa shape index (κ1) is 15.9. The lowest BCUT2D eigenvalue weighted by atomic mass is 10.2. The second-order valence-electron chi connectivity index (χ2n) is 5.21. The number of aromatic nitrogens is 2. The van der Waals surface area contributed by atoms with Crippen molar-refractivity contribution in [1.29, 1.82) is 0 Å². The molecule has 1 amide bonds. The first-order valence-corrected chi connectivity index (χ1v) is 7.17. The van der Waals surface area contributed by atoms with Gasteiger partial charge in [0.2, 0.25) is 0 Å². The highest BCUT2D eigenvalue weighted by Gasteiger charge is 2.06. The van der Waals surface area contributed by atoms with Gasteiger partial charge in [0.05, 0.1) is 11.9 Å². The molecule has 0 saturated carbocycles. The monoisotopic (exact) mass is 299 g/mol. The molecule has 2 aromatic rings. The first-order chi connectivity index (χ1) is 10.6. The van der Waals surface area contributed by atoms with E-state index in [4.69, 9.17) is 0 Å². The van der Waals surface area contributed by atoms with E-state index in [-0.39, 0.29) is 5.91 Å². The first-order valence-electron chi connectivity index (χ1n) is 7.17. The number of amides is 1. The summed E-state index contributed by atoms with van der Waals surface area (Å²) in [6, 6.07) is 7.47. The number of hydrogen-bond acceptors (Lipinski definition) is 5. The topological polar surface area (TPSA) is 70.2 Å². The van der Waals surface area contributed by atoms with Crippen LogP contribution in [-0.4, -0.2) is 48.0 Å². The van der Waals surface area contributed by atoms with E-state index in [1.807, 2.05) is 43.4 Å². The van der Waals surface area contributed by atoms with Gasteiger partial charge in [-0.3, -0.25) is 9.78 Å². The summed E-state index contributed by atoms with van der Waals surface area (Å²) in [7, 11) is 3.93. The van der Waals surface area contributed by atoms with E-state index in [0.717, 1.165) is 17.8 Å². The highest BCUT2D eigenvalue weighted by molar-refractivity contribution is 5.92. The number of rotatable bonds is 7. The molecular weight excluding hydrogens is 278 g/mol. The van der Waals surface area contributed by atoms with Crippen LogP contribution in [0.5, 0.6) is 0 Å². The maximum atomic E-state index is 11.9. The normalized spacial score (nSPS) is 10.5. The Hall–Kier alpha value is -2.47. The van der Waals surface area contributed by atoms with Gasteiger partial charge in [-0.25, -0.2) is 4.98 Å². The molecule has 0 unspecified atom stereocenters. The lowest BCUT2D eigenvalue weighted by molar-refractivity contribution is 0.0946. The van der Waals surface area contributed by atoms with Gasteiger partial charge in [-0.2, -0.15) is 0 Å². The summed E-state index contributed by atoms with van der Waals surface area (Å²) in [4.78, 5) is 22.2. The minimum Gasteiger partial charge on any atom is -0.380 e. The SMILES string of the molecule is CN(C)CCNC(=O)c1ccc(NCc2cccnc2)cn1. The molecule has 0 aromatic carbocycles. The molecule has 0 aliphatic rings. The fourth-order valence-corrected chi connectivity index (χ4v) is 1.82. The van der Waals surface area contributed by atoms with Crippen molar-refractivity contribution < 1.29 is 4.79 Å². The van der Waals surface area contributed by atoms with Gasteiger partial charge in [-0.15, -0.1) is 0 Å². The van der Waals surface area contributed by atoms with E-state index in [2.05, 4.69) is 20.6 Å². The predicted octanol–water partition coefficient (Wildman–Crippen LogP) is 1.38. The van der Waals surface area contributed by atoms with Gasteiger partial charge in [0.1, 0.15) is 5.69 Å². The van der Waals surface area contributed by atoms with Crippen molar-refractivity contribution in [2.45, 2.75) is 6.54 Å². The fourth-order valence-electron chi connectivity index (χ4n) is 1.82. The lowest BCUT2D eigenvalue weighted by Gasteiger charge is -2.10. The van der Waals surface area contributed by atoms with Gasteiger partial charge in [0.15, 0.2) is 0 Å². The summed E-state index contributed by atoms with van der Waals surface area (Å²) in [5.74, 6) is -0.152. The summed E-state index contributed by atoms with van der Waals surface area (Å²) >= 11 is 0. The van der Waals surface area contributed by atoms with E-state index < -0.39 is 0 Å². The van der Waals surface area contributed by atoms with Gasteiger partial charge in [-0.05, 0) is 37.9 Å². The smallest absolute Gasteiger partial charge is 0.269 e. The number of likely N-dealkylation sites (N-methyl/N-ethyl adjacent to an activating group) is 1. The van der Waals surface area contributed by atoms with E-state index in [0.29, 0.717) is 18.8 Å². The predicted molar refractivity (Wildman–Crippen MR) is 86.7 cm³/mol. The Morgan fingerprint density at radius 3 is 2.73 bits per heavy atom. The van der Waals surface area contributed by atoms with Crippen LogP contribution in [0.2, 0.25) is 0 Å². The van der Waals surface area contributed by atoms with E-state index in [1.54, 1.807) is 18.5 Å². The molecule has 0 bridgehead atoms. The van der Waals surface area contributed by atoms with Crippen LogP contribution in [0.3, 0.4) is 0 Å². The number of hydrogen-bond donors (Lipinski definition) is 2. The fraction of sp³-hybridized carbons (Fsp3) is 0.312. The summed E-state index contributed by atoms with van der Waals surface area (Å²) in [6.45, 7) is 2.08. The molecule has 116 valence electrons. The molecule has 0 radical (unpaired) electrons. The summed E-state index contributed by atoms with van der Waals surface area (Å²) in [6.07, 6.45) is 5.22. The Labute approximate surface area is 130 Å². The second-order valence-corrected chi connectivity index (χ2v) is 5.21. The van der Waals surface area contributed by atoms with E-state index >= 15 is 0 Å². The molecule has 22 heavy (non-hydrogen) atoms. The van der Waals surface area contributed by atoms with Gasteiger partial charge in [-0.1, -0.05) is 6.07 Å². The lowest BCUT2D eigenvalue weighted by Crippen LogP contribution is -2.31. The van der Waals surface area contributed by atoms with Crippen molar-refractivity contribution in [3.05, 3.63) is 54.1 Å². The van der Waals surface area contributed by atoms with Crippen molar-refractivity contribution in [3.8, 4) is 0 Å². The highest BCUT2D eigenvalue weighted by Crippen LogP contribution is 2.08. The molecule has 0 aliphatic heterocycles. The number of carbonyl (C=O) groups excluding carboxylic acids is 1. The summed E-state index contributed by atoms with van der Waals surface area (Å²) < 4.78 is 0. The minimum atomic E-state index is -0.152. The number of carbonyl (C=O) groups is 1. The largest absolute Gasteiger partial charge is 0.380 e. The van der Waals surface area contributed by atoms with Crippen LogP contribution in [0.25, 0.3) is 0 Å². The Morgan fingerprint density at radius 2 is 2.09 bits per heavy atom. The van der Waals surface area contributed by atoms with Crippen molar-refractivity contribution in [2.24, 2.45) is 0 Å². The quantitative estimate of drug-likeness (QED) is 0.808. The van der Waals surface area contributed by atoms with Crippen LogP contribution in [0, 0.1) is 0 Å². The van der Waals surface area contributed by atoms with Crippen molar-refractivity contribution in [1.82, 2.24) is 20.2 Å². The molecule has 0 spiro atoms. The Bertz CT molecular complexity index is 583. The zero-order valence-electron chi connectivity index (χ0n) is 12.9. The van der Waals surface area contributed by atoms with Crippen LogP contribution >= 0.6 is 0 Å². The van der Waals surface area contributed by atoms with E-state index in [1.165, 1.54) is 0 Å². The summed E-state index contributed by atoms with van der Waals surface area (Å²) in [5, 5.41) is 6.08. The highest BCUT2D eigenvalue weighted by atomic mass is 16.1. The third kappa shape index (κ3) is 5.14. The van der Waals surface area contributed by atoms with Crippen LogP contribution in [0.15, 0.2) is 42.9 Å². The molecule has 6 heteroatoms. The third-order valence-electron chi connectivity index (χ3n) is 3.06. The van der Waals surface area contributed by atoms with Gasteiger partial charge in [0, 0.05) is 32.0 Å². The molecule has 2 N–H and O–H groups in total. The van der Waals surface area contributed by atoms with E-state index in [9.17, 15) is 4.79 Å². The third-order valence-corrected chi connectivity index (χ3v) is 3.06. The average Bonchev–Trinajstić information content (AvgIpc) is 2.54. The molecular formula is C16H21N5O. The summed E-state index contributed by atoms with van der Waals surface area (Å²) in [5.41, 5.74) is 2.38. The molecule has 2 aromatic heterocycles. The standard InChI is InChI=1S/C16H21N5O/c1-21(2)9-8-18-16(22)15-6-5-14(12-20-15)19-11-13-4-3-7-17-10-13/h3-7,10,12,19H,8-9,11H2,1-2H3,(H,18,22). The van der Waals surface area contributed by atoms with Crippen molar-refractivity contribution >= 4 is 11.6 Å². The zero-order valence-corrected chi connectivity index (χ0v) is 12.9. The van der Waals surface area contributed by atoms with Crippen molar-refractivity contribution in [3.63, 3.8) is 0 Å². The Morgan fingerprint density at radius 1 is 1.23 bits per heavy atom. The maximum absolute atomic E-state index is 11.9. The number of nitrogens with one attached hydrogen (secondary N) is 2. The van der Waals surface area contributed by atoms with Gasteiger partial charge < -0.3 is 15.5 Å². The van der Waals surface area contributed by atoms with Crippen LogP contribution in [-0.2, 0) is 6.54 Å². The van der Waals surface area contributed by atoms with Gasteiger partial charge >= 0.3 is 0 Å². The Kier molecular flexibility index (Phi) is 5.85. The number of anilines is 1. The van der Waals surface area contributed by atoms with Crippen LogP contribution in [0.1, 0.15) is 16.1 Å². The van der Waals surface area contributed by atoms with Crippen LogP contribution in [0.4, 0.5) is 5.69 Å². The van der Waals surface area contributed by atoms with Crippen molar-refractivity contribution in [2.75, 3.05) is 32.5 Å². The number of nitrogens with zero attached hydrogens (tertiary/aromatic N) is 3. The maximum Gasteiger partial charge on any atom is 0.269 e. The molecule has 0 atom stereocenters. The molecule has 0 fully saturated rings. The molecule has 2 heterocycles. The molecule has 0 aliphatic carbocycles. The second kappa shape index (κ2) is 8.09. The Balaban J connectivity index is 1.83. The zero-order chi connectivity index (χ0) is 15.8. The van der Waals surface area contributed by atoms with Crippen LogP contribution < -0.4 is 10.6 Å². The van der Waals surface area contributed by atoms with Gasteiger partial charge in [0.25, 0.3) is 5.91 Å².